The van der Waals surface area contributed by atoms with Gasteiger partial charge in [-0.05, 0) is 30.0 Å². The second-order valence-corrected chi connectivity index (χ2v) is 5.98. The molecule has 0 saturated heterocycles. The van der Waals surface area contributed by atoms with E-state index in [0.717, 1.165) is 23.5 Å². The minimum atomic E-state index is -0.176. The molecule has 1 unspecified atom stereocenters. The first-order valence-electron chi connectivity index (χ1n) is 7.00. The molecule has 0 saturated carbocycles. The summed E-state index contributed by atoms with van der Waals surface area (Å²) in [5.41, 5.74) is 2.42. The Kier molecular flexibility index (Phi) is 3.79. The highest BCUT2D eigenvalue weighted by atomic mass is 32.1. The Morgan fingerprint density at radius 1 is 1.52 bits per heavy atom. The molecule has 1 atom stereocenters. The normalized spacial score (nSPS) is 17.9. The van der Waals surface area contributed by atoms with E-state index in [4.69, 9.17) is 5.21 Å². The molecule has 5 nitrogen and oxygen atoms in total. The number of thiophene rings is 1. The second-order valence-electron chi connectivity index (χ2n) is 5.09. The van der Waals surface area contributed by atoms with Crippen molar-refractivity contribution in [1.82, 2.24) is 9.88 Å². The van der Waals surface area contributed by atoms with Gasteiger partial charge in [0.2, 0.25) is 0 Å². The fourth-order valence-corrected chi connectivity index (χ4v) is 3.61. The van der Waals surface area contributed by atoms with E-state index < -0.39 is 0 Å². The summed E-state index contributed by atoms with van der Waals surface area (Å²) in [7, 11) is 0. The first-order valence-corrected chi connectivity index (χ1v) is 7.88. The Morgan fingerprint density at radius 3 is 3.14 bits per heavy atom. The standard InChI is InChI=1S/C15H17N3O2S/c1-2-4-10(17-20)9-12-13-5-3-7-18(13)15-11(6-8-21-15)14(19)16-12/h3,5-8,12,20H,2,4,9H2,1H3,(H,16,19). The molecule has 0 fully saturated rings. The predicted molar refractivity (Wildman–Crippen MR) is 82.6 cm³/mol. The number of hydrogen-bond acceptors (Lipinski definition) is 4. The minimum Gasteiger partial charge on any atom is -0.411 e. The molecule has 2 aromatic heterocycles. The molecule has 0 radical (unpaired) electrons. The summed E-state index contributed by atoms with van der Waals surface area (Å²) in [5, 5.41) is 18.4. The lowest BCUT2D eigenvalue weighted by molar-refractivity contribution is 0.0940. The Balaban J connectivity index is 1.98. The van der Waals surface area contributed by atoms with Crippen molar-refractivity contribution >= 4 is 23.0 Å². The van der Waals surface area contributed by atoms with Crippen molar-refractivity contribution in [3.63, 3.8) is 0 Å². The van der Waals surface area contributed by atoms with E-state index in [9.17, 15) is 4.79 Å². The number of carbonyl (C=O) groups is 1. The van der Waals surface area contributed by atoms with E-state index in [2.05, 4.69) is 10.5 Å². The van der Waals surface area contributed by atoms with E-state index in [1.165, 1.54) is 0 Å². The molecule has 21 heavy (non-hydrogen) atoms. The lowest BCUT2D eigenvalue weighted by atomic mass is 10.0. The maximum atomic E-state index is 12.4. The quantitative estimate of drug-likeness (QED) is 0.517. The van der Waals surface area contributed by atoms with Crippen LogP contribution in [0.25, 0.3) is 5.00 Å². The minimum absolute atomic E-state index is 0.0752. The summed E-state index contributed by atoms with van der Waals surface area (Å²) < 4.78 is 2.05. The molecular weight excluding hydrogens is 286 g/mol. The van der Waals surface area contributed by atoms with Gasteiger partial charge in [-0.15, -0.1) is 11.3 Å². The number of hydrogen-bond donors (Lipinski definition) is 2. The fraction of sp³-hybridized carbons (Fsp3) is 0.333. The van der Waals surface area contributed by atoms with Crippen molar-refractivity contribution in [1.29, 1.82) is 0 Å². The largest absolute Gasteiger partial charge is 0.411 e. The van der Waals surface area contributed by atoms with Crippen molar-refractivity contribution in [2.24, 2.45) is 5.16 Å². The van der Waals surface area contributed by atoms with Gasteiger partial charge in [0.25, 0.3) is 5.91 Å². The van der Waals surface area contributed by atoms with Crippen molar-refractivity contribution in [3.05, 3.63) is 41.0 Å². The van der Waals surface area contributed by atoms with E-state index in [1.807, 2.05) is 41.3 Å². The molecule has 3 heterocycles. The zero-order valence-electron chi connectivity index (χ0n) is 11.7. The van der Waals surface area contributed by atoms with Crippen LogP contribution in [0.4, 0.5) is 0 Å². The average Bonchev–Trinajstić information content (AvgIpc) is 3.11. The molecule has 1 aliphatic rings. The van der Waals surface area contributed by atoms with Gasteiger partial charge in [-0.25, -0.2) is 0 Å². The van der Waals surface area contributed by atoms with Gasteiger partial charge < -0.3 is 15.1 Å². The summed E-state index contributed by atoms with van der Waals surface area (Å²) in [4.78, 5) is 12.4. The second kappa shape index (κ2) is 5.73. The van der Waals surface area contributed by atoms with Crippen LogP contribution in [-0.2, 0) is 0 Å². The number of amides is 1. The topological polar surface area (TPSA) is 66.6 Å². The van der Waals surface area contributed by atoms with E-state index in [-0.39, 0.29) is 11.9 Å². The van der Waals surface area contributed by atoms with E-state index in [1.54, 1.807) is 11.3 Å². The van der Waals surface area contributed by atoms with E-state index >= 15 is 0 Å². The molecule has 2 N–H and O–H groups in total. The van der Waals surface area contributed by atoms with Crippen LogP contribution in [0.2, 0.25) is 0 Å². The summed E-state index contributed by atoms with van der Waals surface area (Å²) >= 11 is 1.55. The first-order chi connectivity index (χ1) is 10.2. The molecule has 1 aliphatic heterocycles. The lowest BCUT2D eigenvalue weighted by Gasteiger charge is -2.17. The highest BCUT2D eigenvalue weighted by Gasteiger charge is 2.27. The number of nitrogens with one attached hydrogen (secondary N) is 1. The third-order valence-electron chi connectivity index (χ3n) is 3.67. The smallest absolute Gasteiger partial charge is 0.254 e. The molecule has 3 rings (SSSR count). The van der Waals surface area contributed by atoms with Gasteiger partial charge in [0.1, 0.15) is 5.00 Å². The summed E-state index contributed by atoms with van der Waals surface area (Å²) in [5.74, 6) is -0.0752. The zero-order valence-corrected chi connectivity index (χ0v) is 12.6. The molecule has 6 heteroatoms. The molecular formula is C15H17N3O2S. The van der Waals surface area contributed by atoms with Gasteiger partial charge in [0, 0.05) is 18.3 Å². The monoisotopic (exact) mass is 303 g/mol. The van der Waals surface area contributed by atoms with Gasteiger partial charge in [0.05, 0.1) is 17.3 Å². The Morgan fingerprint density at radius 2 is 2.38 bits per heavy atom. The van der Waals surface area contributed by atoms with Crippen LogP contribution in [0.15, 0.2) is 34.9 Å². The Hall–Kier alpha value is -2.08. The van der Waals surface area contributed by atoms with Crippen molar-refractivity contribution < 1.29 is 10.0 Å². The molecule has 110 valence electrons. The SMILES string of the molecule is CCCC(CC1NC(=O)c2ccsc2-n2cccc21)=NO. The van der Waals surface area contributed by atoms with Crippen LogP contribution in [-0.4, -0.2) is 21.4 Å². The van der Waals surface area contributed by atoms with E-state index in [0.29, 0.717) is 17.7 Å². The molecule has 1 amide bonds. The molecule has 0 bridgehead atoms. The highest BCUT2D eigenvalue weighted by molar-refractivity contribution is 7.13. The van der Waals surface area contributed by atoms with Gasteiger partial charge in [-0.2, -0.15) is 0 Å². The first kappa shape index (κ1) is 13.9. The van der Waals surface area contributed by atoms with Crippen LogP contribution in [0, 0.1) is 0 Å². The van der Waals surface area contributed by atoms with Crippen molar-refractivity contribution in [2.45, 2.75) is 32.2 Å². The average molecular weight is 303 g/mol. The maximum Gasteiger partial charge on any atom is 0.254 e. The van der Waals surface area contributed by atoms with Gasteiger partial charge >= 0.3 is 0 Å². The van der Waals surface area contributed by atoms with Gasteiger partial charge in [-0.1, -0.05) is 18.5 Å². The molecule has 0 aromatic carbocycles. The fourth-order valence-electron chi connectivity index (χ4n) is 2.71. The van der Waals surface area contributed by atoms with Crippen LogP contribution in [0.5, 0.6) is 0 Å². The van der Waals surface area contributed by atoms with Crippen LogP contribution in [0.3, 0.4) is 0 Å². The van der Waals surface area contributed by atoms with Gasteiger partial charge in [0.15, 0.2) is 0 Å². The van der Waals surface area contributed by atoms with Crippen LogP contribution in [0.1, 0.15) is 48.3 Å². The third kappa shape index (κ3) is 2.47. The van der Waals surface area contributed by atoms with Gasteiger partial charge in [-0.3, -0.25) is 4.79 Å². The number of carbonyl (C=O) groups excluding carboxylic acids is 1. The Bertz CT molecular complexity index is 687. The lowest BCUT2D eigenvalue weighted by Crippen LogP contribution is -2.29. The maximum absolute atomic E-state index is 12.4. The number of aromatic nitrogens is 1. The summed E-state index contributed by atoms with van der Waals surface area (Å²) in [6, 6.07) is 5.64. The van der Waals surface area contributed by atoms with Crippen molar-refractivity contribution in [3.8, 4) is 5.00 Å². The summed E-state index contributed by atoms with van der Waals surface area (Å²) in [6.07, 6.45) is 4.13. The van der Waals surface area contributed by atoms with Crippen LogP contribution < -0.4 is 5.32 Å². The Labute approximate surface area is 126 Å². The predicted octanol–water partition coefficient (Wildman–Crippen LogP) is 3.34. The molecule has 0 aliphatic carbocycles. The molecule has 0 spiro atoms. The van der Waals surface area contributed by atoms with Crippen LogP contribution >= 0.6 is 11.3 Å². The number of nitrogens with zero attached hydrogens (tertiary/aromatic N) is 2. The molecule has 2 aromatic rings. The van der Waals surface area contributed by atoms with Crippen molar-refractivity contribution in [2.75, 3.05) is 0 Å². The number of rotatable bonds is 4. The zero-order chi connectivity index (χ0) is 14.8. The highest BCUT2D eigenvalue weighted by Crippen LogP contribution is 2.31. The summed E-state index contributed by atoms with van der Waals surface area (Å²) in [6.45, 7) is 2.04. The number of oxime groups is 1. The number of fused-ring (bicyclic) bond motifs is 3. The third-order valence-corrected chi connectivity index (χ3v) is 4.58.